The van der Waals surface area contributed by atoms with Crippen molar-refractivity contribution in [1.29, 1.82) is 0 Å². The quantitative estimate of drug-likeness (QED) is 0.489. The van der Waals surface area contributed by atoms with Gasteiger partial charge in [0.25, 0.3) is 10.0 Å². The Bertz CT molecular complexity index is 1190. The lowest BCUT2D eigenvalue weighted by atomic mass is 10.1. The summed E-state index contributed by atoms with van der Waals surface area (Å²) in [5.41, 5.74) is 1.11. The number of carbonyl (C=O) groups is 1. The Morgan fingerprint density at radius 1 is 0.939 bits per heavy atom. The van der Waals surface area contributed by atoms with E-state index in [9.17, 15) is 17.6 Å². The van der Waals surface area contributed by atoms with E-state index in [4.69, 9.17) is 9.47 Å². The molecule has 3 aromatic carbocycles. The summed E-state index contributed by atoms with van der Waals surface area (Å²) in [5, 5.41) is 2.73. The third-order valence-electron chi connectivity index (χ3n) is 4.92. The van der Waals surface area contributed by atoms with E-state index in [1.165, 1.54) is 44.6 Å². The van der Waals surface area contributed by atoms with Crippen molar-refractivity contribution in [1.82, 2.24) is 5.32 Å². The number of nitrogens with one attached hydrogen (secondary N) is 1. The Morgan fingerprint density at radius 2 is 1.61 bits per heavy atom. The number of hydrogen-bond acceptors (Lipinski definition) is 5. The van der Waals surface area contributed by atoms with Crippen LogP contribution < -0.4 is 19.1 Å². The van der Waals surface area contributed by atoms with Crippen LogP contribution in [0.4, 0.5) is 10.1 Å². The number of anilines is 1. The summed E-state index contributed by atoms with van der Waals surface area (Å²) in [6.45, 7) is -0.161. The Balaban J connectivity index is 1.82. The zero-order valence-corrected chi connectivity index (χ0v) is 19.1. The van der Waals surface area contributed by atoms with Crippen LogP contribution in [0, 0.1) is 5.82 Å². The van der Waals surface area contributed by atoms with E-state index in [0.29, 0.717) is 17.9 Å². The normalized spacial score (nSPS) is 11.0. The third kappa shape index (κ3) is 6.01. The molecule has 0 atom stereocenters. The fraction of sp³-hybridized carbons (Fsp3) is 0.208. The Kier molecular flexibility index (Phi) is 7.89. The predicted octanol–water partition coefficient (Wildman–Crippen LogP) is 3.40. The van der Waals surface area contributed by atoms with E-state index < -0.39 is 22.5 Å². The van der Waals surface area contributed by atoms with Gasteiger partial charge in [-0.05, 0) is 48.4 Å². The molecule has 174 valence electrons. The summed E-state index contributed by atoms with van der Waals surface area (Å²) >= 11 is 0. The number of carbonyl (C=O) groups excluding carboxylic acids is 1. The average molecular weight is 473 g/mol. The SMILES string of the molecule is COc1ccc(N(CC(=O)NCCc2ccc(F)cc2)S(=O)(=O)c2ccccc2)cc1OC. The smallest absolute Gasteiger partial charge is 0.264 e. The van der Waals surface area contributed by atoms with E-state index in [1.807, 2.05) is 0 Å². The minimum atomic E-state index is -4.04. The molecule has 0 fully saturated rings. The maximum Gasteiger partial charge on any atom is 0.264 e. The van der Waals surface area contributed by atoms with Gasteiger partial charge < -0.3 is 14.8 Å². The fourth-order valence-electron chi connectivity index (χ4n) is 3.20. The monoisotopic (exact) mass is 472 g/mol. The van der Waals surface area contributed by atoms with Gasteiger partial charge in [0.1, 0.15) is 12.4 Å². The van der Waals surface area contributed by atoms with Crippen molar-refractivity contribution >= 4 is 21.6 Å². The molecule has 0 spiro atoms. The van der Waals surface area contributed by atoms with E-state index >= 15 is 0 Å². The van der Waals surface area contributed by atoms with Crippen molar-refractivity contribution in [2.45, 2.75) is 11.3 Å². The van der Waals surface area contributed by atoms with Gasteiger partial charge in [0.2, 0.25) is 5.91 Å². The molecule has 0 saturated heterocycles. The molecule has 0 bridgehead atoms. The Labute approximate surface area is 192 Å². The predicted molar refractivity (Wildman–Crippen MR) is 124 cm³/mol. The zero-order chi connectivity index (χ0) is 23.8. The second-order valence-corrected chi connectivity index (χ2v) is 8.95. The maximum atomic E-state index is 13.4. The average Bonchev–Trinajstić information content (AvgIpc) is 2.83. The van der Waals surface area contributed by atoms with E-state index in [1.54, 1.807) is 42.5 Å². The summed E-state index contributed by atoms with van der Waals surface area (Å²) in [6.07, 6.45) is 0.480. The van der Waals surface area contributed by atoms with Gasteiger partial charge in [-0.1, -0.05) is 30.3 Å². The van der Waals surface area contributed by atoms with Crippen LogP contribution in [0.1, 0.15) is 5.56 Å². The molecule has 0 heterocycles. The van der Waals surface area contributed by atoms with E-state index in [-0.39, 0.29) is 22.9 Å². The molecule has 0 aliphatic heterocycles. The topological polar surface area (TPSA) is 84.9 Å². The van der Waals surface area contributed by atoms with Crippen molar-refractivity contribution < 1.29 is 27.1 Å². The number of nitrogens with zero attached hydrogens (tertiary/aromatic N) is 1. The molecule has 3 rings (SSSR count). The Hall–Kier alpha value is -3.59. The number of amides is 1. The molecule has 0 aromatic heterocycles. The zero-order valence-electron chi connectivity index (χ0n) is 18.3. The van der Waals surface area contributed by atoms with Gasteiger partial charge in [-0.3, -0.25) is 9.10 Å². The second-order valence-electron chi connectivity index (χ2n) is 7.09. The lowest BCUT2D eigenvalue weighted by molar-refractivity contribution is -0.119. The lowest BCUT2D eigenvalue weighted by Gasteiger charge is -2.25. The van der Waals surface area contributed by atoms with E-state index in [0.717, 1.165) is 9.87 Å². The standard InChI is InChI=1S/C24H25FN2O5S/c1-31-22-13-12-20(16-23(22)32-2)27(33(29,30)21-6-4-3-5-7-21)17-24(28)26-15-14-18-8-10-19(25)11-9-18/h3-13,16H,14-15,17H2,1-2H3,(H,26,28). The summed E-state index contributed by atoms with van der Waals surface area (Å²) in [5.74, 6) is -0.0482. The van der Waals surface area contributed by atoms with Crippen LogP contribution in [-0.4, -0.2) is 41.6 Å². The largest absolute Gasteiger partial charge is 0.493 e. The minimum absolute atomic E-state index is 0.0545. The van der Waals surface area contributed by atoms with Crippen molar-refractivity contribution in [3.63, 3.8) is 0 Å². The van der Waals surface area contributed by atoms with Crippen molar-refractivity contribution in [2.24, 2.45) is 0 Å². The van der Waals surface area contributed by atoms with Crippen LogP contribution >= 0.6 is 0 Å². The first-order chi connectivity index (χ1) is 15.8. The molecule has 3 aromatic rings. The first-order valence-corrected chi connectivity index (χ1v) is 11.6. The summed E-state index contributed by atoms with van der Waals surface area (Å²) in [6, 6.07) is 18.5. The van der Waals surface area contributed by atoms with Crippen LogP contribution in [0.3, 0.4) is 0 Å². The van der Waals surface area contributed by atoms with Gasteiger partial charge in [0, 0.05) is 12.6 Å². The van der Waals surface area contributed by atoms with Crippen LogP contribution in [0.2, 0.25) is 0 Å². The highest BCUT2D eigenvalue weighted by Gasteiger charge is 2.28. The van der Waals surface area contributed by atoms with Crippen LogP contribution in [0.25, 0.3) is 0 Å². The van der Waals surface area contributed by atoms with Gasteiger partial charge in [0.05, 0.1) is 24.8 Å². The number of hydrogen-bond donors (Lipinski definition) is 1. The number of benzene rings is 3. The van der Waals surface area contributed by atoms with Gasteiger partial charge in [-0.25, -0.2) is 12.8 Å². The fourth-order valence-corrected chi connectivity index (χ4v) is 4.63. The molecule has 9 heteroatoms. The summed E-state index contributed by atoms with van der Waals surface area (Å²) in [4.78, 5) is 12.7. The lowest BCUT2D eigenvalue weighted by Crippen LogP contribution is -2.41. The molecule has 7 nitrogen and oxygen atoms in total. The number of methoxy groups -OCH3 is 2. The van der Waals surface area contributed by atoms with Crippen molar-refractivity contribution in [2.75, 3.05) is 31.6 Å². The highest BCUT2D eigenvalue weighted by molar-refractivity contribution is 7.92. The molecule has 0 saturated carbocycles. The van der Waals surface area contributed by atoms with Gasteiger partial charge in [-0.2, -0.15) is 0 Å². The van der Waals surface area contributed by atoms with Crippen LogP contribution in [0.5, 0.6) is 11.5 Å². The number of rotatable bonds is 10. The molecule has 0 unspecified atom stereocenters. The first kappa shape index (κ1) is 24.1. The molecular formula is C24H25FN2O5S. The Morgan fingerprint density at radius 3 is 2.24 bits per heavy atom. The highest BCUT2D eigenvalue weighted by atomic mass is 32.2. The molecule has 1 amide bonds. The summed E-state index contributed by atoms with van der Waals surface area (Å²) in [7, 11) is -1.12. The molecule has 0 aliphatic carbocycles. The van der Waals surface area contributed by atoms with Crippen molar-refractivity contribution in [3.05, 3.63) is 84.2 Å². The maximum absolute atomic E-state index is 13.4. The number of halogens is 1. The molecule has 33 heavy (non-hydrogen) atoms. The summed E-state index contributed by atoms with van der Waals surface area (Å²) < 4.78 is 51.4. The van der Waals surface area contributed by atoms with Gasteiger partial charge >= 0.3 is 0 Å². The van der Waals surface area contributed by atoms with Crippen LogP contribution in [-0.2, 0) is 21.2 Å². The molecular weight excluding hydrogens is 447 g/mol. The number of sulfonamides is 1. The van der Waals surface area contributed by atoms with Gasteiger partial charge in [0.15, 0.2) is 11.5 Å². The van der Waals surface area contributed by atoms with Crippen LogP contribution in [0.15, 0.2) is 77.7 Å². The first-order valence-electron chi connectivity index (χ1n) is 10.2. The second kappa shape index (κ2) is 10.8. The number of ether oxygens (including phenoxy) is 2. The molecule has 0 radical (unpaired) electrons. The molecule has 0 aliphatic rings. The van der Waals surface area contributed by atoms with Gasteiger partial charge in [-0.15, -0.1) is 0 Å². The minimum Gasteiger partial charge on any atom is -0.493 e. The molecule has 1 N–H and O–H groups in total. The highest BCUT2D eigenvalue weighted by Crippen LogP contribution is 2.33. The van der Waals surface area contributed by atoms with Crippen molar-refractivity contribution in [3.8, 4) is 11.5 Å². The van der Waals surface area contributed by atoms with E-state index in [2.05, 4.69) is 5.32 Å². The third-order valence-corrected chi connectivity index (χ3v) is 6.71.